The molecule has 0 amide bonds. The van der Waals surface area contributed by atoms with Gasteiger partial charge in [-0.3, -0.25) is 0 Å². The number of nitrogens with one attached hydrogen (secondary N) is 1. The van der Waals surface area contributed by atoms with Crippen molar-refractivity contribution in [1.29, 1.82) is 0 Å². The second-order valence-corrected chi connectivity index (χ2v) is 6.38. The fourth-order valence-electron chi connectivity index (χ4n) is 2.71. The first-order chi connectivity index (χ1) is 12.7. The summed E-state index contributed by atoms with van der Waals surface area (Å²) in [6.07, 6.45) is 0. The van der Waals surface area contributed by atoms with E-state index in [2.05, 4.69) is 58.7 Å². The molecule has 26 heavy (non-hydrogen) atoms. The zero-order valence-electron chi connectivity index (χ0n) is 14.8. The van der Waals surface area contributed by atoms with Gasteiger partial charge in [0.1, 0.15) is 5.75 Å². The predicted molar refractivity (Wildman–Crippen MR) is 111 cm³/mol. The molecule has 0 fully saturated rings. The maximum Gasteiger partial charge on any atom is 0.174 e. The molecule has 0 saturated carbocycles. The lowest BCUT2D eigenvalue weighted by atomic mass is 10.2. The number of thiocarbonyl (C=S) groups is 1. The quantitative estimate of drug-likeness (QED) is 0.617. The second-order valence-electron chi connectivity index (χ2n) is 5.99. The maximum absolute atomic E-state index is 5.71. The van der Waals surface area contributed by atoms with Crippen LogP contribution in [-0.4, -0.2) is 17.1 Å². The standard InChI is InChI=1S/C22H22N2OS/c1-25-21-14-8-13-20(15-21)23-22(26)24(16-18-9-4-2-5-10-18)17-19-11-6-3-7-12-19/h2-15H,16-17H2,1H3,(H,23,26). The summed E-state index contributed by atoms with van der Waals surface area (Å²) in [4.78, 5) is 2.17. The molecule has 3 aromatic carbocycles. The van der Waals surface area contributed by atoms with Gasteiger partial charge in [0.05, 0.1) is 7.11 Å². The van der Waals surface area contributed by atoms with Gasteiger partial charge in [-0.25, -0.2) is 0 Å². The van der Waals surface area contributed by atoms with E-state index in [1.165, 1.54) is 11.1 Å². The molecular formula is C22H22N2OS. The van der Waals surface area contributed by atoms with E-state index in [1.807, 2.05) is 36.4 Å². The van der Waals surface area contributed by atoms with Crippen molar-refractivity contribution < 1.29 is 4.74 Å². The molecule has 0 saturated heterocycles. The molecule has 0 heterocycles. The number of benzene rings is 3. The van der Waals surface area contributed by atoms with Crippen LogP contribution in [0.15, 0.2) is 84.9 Å². The second kappa shape index (κ2) is 9.02. The minimum Gasteiger partial charge on any atom is -0.497 e. The Kier molecular flexibility index (Phi) is 6.23. The van der Waals surface area contributed by atoms with Gasteiger partial charge in [-0.05, 0) is 35.5 Å². The Morgan fingerprint density at radius 3 is 1.96 bits per heavy atom. The Balaban J connectivity index is 1.77. The Morgan fingerprint density at radius 2 is 1.42 bits per heavy atom. The Morgan fingerprint density at radius 1 is 0.846 bits per heavy atom. The van der Waals surface area contributed by atoms with Crippen molar-refractivity contribution in [3.8, 4) is 5.75 Å². The molecule has 0 atom stereocenters. The topological polar surface area (TPSA) is 24.5 Å². The first kappa shape index (κ1) is 18.0. The highest BCUT2D eigenvalue weighted by Crippen LogP contribution is 2.18. The highest BCUT2D eigenvalue weighted by atomic mass is 32.1. The Bertz CT molecular complexity index is 796. The van der Waals surface area contributed by atoms with Crippen LogP contribution in [0.2, 0.25) is 0 Å². The van der Waals surface area contributed by atoms with Gasteiger partial charge in [0.2, 0.25) is 0 Å². The molecule has 3 rings (SSSR count). The zero-order valence-corrected chi connectivity index (χ0v) is 15.6. The van der Waals surface area contributed by atoms with E-state index in [4.69, 9.17) is 17.0 Å². The normalized spacial score (nSPS) is 10.2. The Labute approximate surface area is 160 Å². The zero-order chi connectivity index (χ0) is 18.2. The molecule has 0 aliphatic heterocycles. The molecule has 0 aromatic heterocycles. The fraction of sp³-hybridized carbons (Fsp3) is 0.136. The number of anilines is 1. The Hall–Kier alpha value is -2.85. The molecule has 0 radical (unpaired) electrons. The van der Waals surface area contributed by atoms with Crippen LogP contribution >= 0.6 is 12.2 Å². The predicted octanol–water partition coefficient (Wildman–Crippen LogP) is 5.09. The van der Waals surface area contributed by atoms with Gasteiger partial charge in [0.25, 0.3) is 0 Å². The van der Waals surface area contributed by atoms with Crippen molar-refractivity contribution in [2.24, 2.45) is 0 Å². The monoisotopic (exact) mass is 362 g/mol. The lowest BCUT2D eigenvalue weighted by molar-refractivity contribution is 0.412. The minimum atomic E-state index is 0.686. The summed E-state index contributed by atoms with van der Waals surface area (Å²) in [6.45, 7) is 1.48. The van der Waals surface area contributed by atoms with Gasteiger partial charge in [0.15, 0.2) is 5.11 Å². The summed E-state index contributed by atoms with van der Waals surface area (Å²) >= 11 is 5.71. The van der Waals surface area contributed by atoms with Gasteiger partial charge >= 0.3 is 0 Å². The third-order valence-electron chi connectivity index (χ3n) is 4.04. The number of hydrogen-bond donors (Lipinski definition) is 1. The van der Waals surface area contributed by atoms with Crippen molar-refractivity contribution in [2.45, 2.75) is 13.1 Å². The van der Waals surface area contributed by atoms with Gasteiger partial charge in [-0.1, -0.05) is 66.7 Å². The molecule has 3 aromatic rings. The van der Waals surface area contributed by atoms with E-state index in [0.29, 0.717) is 5.11 Å². The molecule has 4 heteroatoms. The summed E-state index contributed by atoms with van der Waals surface area (Å²) in [5.74, 6) is 0.801. The summed E-state index contributed by atoms with van der Waals surface area (Å²) in [7, 11) is 1.66. The van der Waals surface area contributed by atoms with E-state index < -0.39 is 0 Å². The molecule has 1 N–H and O–H groups in total. The van der Waals surface area contributed by atoms with E-state index >= 15 is 0 Å². The van der Waals surface area contributed by atoms with Crippen molar-refractivity contribution in [1.82, 2.24) is 4.90 Å². The van der Waals surface area contributed by atoms with Crippen LogP contribution in [0.4, 0.5) is 5.69 Å². The van der Waals surface area contributed by atoms with Crippen molar-refractivity contribution in [3.05, 3.63) is 96.1 Å². The third-order valence-corrected chi connectivity index (χ3v) is 4.40. The van der Waals surface area contributed by atoms with Crippen LogP contribution < -0.4 is 10.1 Å². The number of ether oxygens (including phenoxy) is 1. The van der Waals surface area contributed by atoms with E-state index in [-0.39, 0.29) is 0 Å². The van der Waals surface area contributed by atoms with E-state index in [1.54, 1.807) is 7.11 Å². The van der Waals surface area contributed by atoms with Crippen LogP contribution in [-0.2, 0) is 13.1 Å². The molecular weight excluding hydrogens is 340 g/mol. The van der Waals surface area contributed by atoms with Gasteiger partial charge in [0, 0.05) is 24.8 Å². The fourth-order valence-corrected chi connectivity index (χ4v) is 2.96. The van der Waals surface area contributed by atoms with Gasteiger partial charge in [-0.15, -0.1) is 0 Å². The highest BCUT2D eigenvalue weighted by molar-refractivity contribution is 7.80. The summed E-state index contributed by atoms with van der Waals surface area (Å²) in [5.41, 5.74) is 3.36. The molecule has 0 spiro atoms. The van der Waals surface area contributed by atoms with Crippen molar-refractivity contribution in [3.63, 3.8) is 0 Å². The first-order valence-electron chi connectivity index (χ1n) is 8.52. The smallest absolute Gasteiger partial charge is 0.174 e. The summed E-state index contributed by atoms with van der Waals surface area (Å²) in [6, 6.07) is 28.5. The van der Waals surface area contributed by atoms with Crippen LogP contribution in [0.5, 0.6) is 5.75 Å². The van der Waals surface area contributed by atoms with E-state index in [9.17, 15) is 0 Å². The molecule has 0 unspecified atom stereocenters. The summed E-state index contributed by atoms with van der Waals surface area (Å²) < 4.78 is 5.29. The van der Waals surface area contributed by atoms with Crippen molar-refractivity contribution >= 4 is 23.0 Å². The number of hydrogen-bond acceptors (Lipinski definition) is 2. The molecule has 3 nitrogen and oxygen atoms in total. The first-order valence-corrected chi connectivity index (χ1v) is 8.93. The van der Waals surface area contributed by atoms with Gasteiger partial charge in [-0.2, -0.15) is 0 Å². The van der Waals surface area contributed by atoms with Crippen LogP contribution in [0.1, 0.15) is 11.1 Å². The molecule has 132 valence electrons. The minimum absolute atomic E-state index is 0.686. The lowest BCUT2D eigenvalue weighted by Gasteiger charge is -2.26. The largest absolute Gasteiger partial charge is 0.497 e. The van der Waals surface area contributed by atoms with E-state index in [0.717, 1.165) is 24.5 Å². The number of methoxy groups -OCH3 is 1. The molecule has 0 aliphatic rings. The van der Waals surface area contributed by atoms with Crippen molar-refractivity contribution in [2.75, 3.05) is 12.4 Å². The lowest BCUT2D eigenvalue weighted by Crippen LogP contribution is -2.33. The average Bonchev–Trinajstić information content (AvgIpc) is 2.69. The van der Waals surface area contributed by atoms with Crippen LogP contribution in [0.3, 0.4) is 0 Å². The van der Waals surface area contributed by atoms with Gasteiger partial charge < -0.3 is 15.0 Å². The SMILES string of the molecule is COc1cccc(NC(=S)N(Cc2ccccc2)Cc2ccccc2)c1. The summed E-state index contributed by atoms with van der Waals surface area (Å²) in [5, 5.41) is 4.02. The maximum atomic E-state index is 5.71. The third kappa shape index (κ3) is 5.07. The number of nitrogens with zero attached hydrogens (tertiary/aromatic N) is 1. The van der Waals surface area contributed by atoms with Crippen LogP contribution in [0.25, 0.3) is 0 Å². The van der Waals surface area contributed by atoms with Crippen LogP contribution in [0, 0.1) is 0 Å². The average molecular weight is 362 g/mol. The molecule has 0 bridgehead atoms. The number of rotatable bonds is 6. The highest BCUT2D eigenvalue weighted by Gasteiger charge is 2.12. The molecule has 0 aliphatic carbocycles.